The Labute approximate surface area is 230 Å². The van der Waals surface area contributed by atoms with Crippen LogP contribution in [0.4, 0.5) is 18.9 Å². The summed E-state index contributed by atoms with van der Waals surface area (Å²) in [6, 6.07) is 14.7. The molecule has 3 aromatic rings. The number of piperazine rings is 1. The van der Waals surface area contributed by atoms with Crippen molar-refractivity contribution >= 4 is 11.6 Å². The van der Waals surface area contributed by atoms with Crippen LogP contribution in [0.1, 0.15) is 29.3 Å². The number of halogens is 3. The van der Waals surface area contributed by atoms with Gasteiger partial charge in [0.1, 0.15) is 6.07 Å². The summed E-state index contributed by atoms with van der Waals surface area (Å²) >= 11 is 0. The van der Waals surface area contributed by atoms with Gasteiger partial charge in [0.15, 0.2) is 0 Å². The number of hydrogen-bond donors (Lipinski definition) is 1. The molecule has 5 rings (SSSR count). The Kier molecular flexibility index (Phi) is 7.83. The van der Waals surface area contributed by atoms with Crippen molar-refractivity contribution in [2.24, 2.45) is 0 Å². The van der Waals surface area contributed by atoms with Gasteiger partial charge in [-0.2, -0.15) is 23.5 Å². The Balaban J connectivity index is 1.29. The van der Waals surface area contributed by atoms with Gasteiger partial charge in [0, 0.05) is 76.0 Å². The van der Waals surface area contributed by atoms with E-state index in [1.54, 1.807) is 9.58 Å². The van der Waals surface area contributed by atoms with E-state index in [1.807, 2.05) is 24.3 Å². The summed E-state index contributed by atoms with van der Waals surface area (Å²) in [5, 5.41) is 25.2. The van der Waals surface area contributed by atoms with E-state index in [9.17, 15) is 28.3 Å². The number of anilines is 1. The van der Waals surface area contributed by atoms with Gasteiger partial charge >= 0.3 is 6.18 Å². The van der Waals surface area contributed by atoms with Gasteiger partial charge in [-0.3, -0.25) is 14.4 Å². The van der Waals surface area contributed by atoms with E-state index in [0.717, 1.165) is 55.3 Å². The minimum atomic E-state index is -4.43. The summed E-state index contributed by atoms with van der Waals surface area (Å²) in [6.45, 7) is 5.96. The molecule has 1 N–H and O–H groups in total. The number of carbonyl (C=O) groups is 1. The Hall–Kier alpha value is -3.88. The molecule has 40 heavy (non-hydrogen) atoms. The van der Waals surface area contributed by atoms with Crippen molar-refractivity contribution in [3.05, 3.63) is 70.9 Å². The molecule has 0 saturated carbocycles. The van der Waals surface area contributed by atoms with Gasteiger partial charge in [0.2, 0.25) is 5.91 Å². The zero-order valence-corrected chi connectivity index (χ0v) is 22.2. The van der Waals surface area contributed by atoms with Crippen LogP contribution in [0.3, 0.4) is 0 Å². The monoisotopic (exact) mass is 552 g/mol. The summed E-state index contributed by atoms with van der Waals surface area (Å²) < 4.78 is 41.1. The van der Waals surface area contributed by atoms with Crippen molar-refractivity contribution in [1.82, 2.24) is 19.6 Å². The predicted molar refractivity (Wildman–Crippen MR) is 143 cm³/mol. The second kappa shape index (κ2) is 11.3. The number of nitriles is 1. The van der Waals surface area contributed by atoms with E-state index in [2.05, 4.69) is 15.9 Å². The van der Waals surface area contributed by atoms with E-state index in [4.69, 9.17) is 5.10 Å². The smallest absolute Gasteiger partial charge is 0.390 e. The standard InChI is InChI=1S/C29H31F3N6O2/c1-20(39)37-11-10-27-25(19-37)28(21-6-8-23(9-7-21)29(30,31)32)34-38(27)18-24(40)17-35-12-14-36(15-13-35)26-5-3-2-4-22(26)16-33/h2-9,24,40H,10-15,17-19H2,1H3. The molecular weight excluding hydrogens is 521 g/mol. The number of nitrogens with zero attached hydrogens (tertiary/aromatic N) is 6. The molecule has 0 aliphatic carbocycles. The molecule has 2 aliphatic rings. The van der Waals surface area contributed by atoms with E-state index in [0.29, 0.717) is 42.9 Å². The number of fused-ring (bicyclic) bond motifs is 1. The van der Waals surface area contributed by atoms with E-state index >= 15 is 0 Å². The van der Waals surface area contributed by atoms with Crippen molar-refractivity contribution in [1.29, 1.82) is 5.26 Å². The number of aromatic nitrogens is 2. The number of benzene rings is 2. The largest absolute Gasteiger partial charge is 0.416 e. The van der Waals surface area contributed by atoms with Gasteiger partial charge in [-0.15, -0.1) is 0 Å². The third-order valence-electron chi connectivity index (χ3n) is 7.66. The van der Waals surface area contributed by atoms with Gasteiger partial charge < -0.3 is 14.9 Å². The van der Waals surface area contributed by atoms with Gasteiger partial charge in [0.25, 0.3) is 0 Å². The first-order valence-corrected chi connectivity index (χ1v) is 13.3. The molecule has 2 aliphatic heterocycles. The van der Waals surface area contributed by atoms with Crippen LogP contribution in [0.25, 0.3) is 11.3 Å². The van der Waals surface area contributed by atoms with Gasteiger partial charge in [-0.1, -0.05) is 24.3 Å². The third-order valence-corrected chi connectivity index (χ3v) is 7.66. The fourth-order valence-corrected chi connectivity index (χ4v) is 5.53. The molecule has 3 heterocycles. The summed E-state index contributed by atoms with van der Waals surface area (Å²) in [7, 11) is 0. The number of para-hydroxylation sites is 1. The van der Waals surface area contributed by atoms with Crippen LogP contribution in [0, 0.1) is 11.3 Å². The van der Waals surface area contributed by atoms with Crippen LogP contribution in [0.5, 0.6) is 0 Å². The van der Waals surface area contributed by atoms with E-state index in [-0.39, 0.29) is 12.5 Å². The Morgan fingerprint density at radius 2 is 1.75 bits per heavy atom. The van der Waals surface area contributed by atoms with Crippen LogP contribution < -0.4 is 4.90 Å². The maximum Gasteiger partial charge on any atom is 0.416 e. The fourth-order valence-electron chi connectivity index (χ4n) is 5.53. The lowest BCUT2D eigenvalue weighted by atomic mass is 10.00. The minimum absolute atomic E-state index is 0.0756. The van der Waals surface area contributed by atoms with E-state index < -0.39 is 17.8 Å². The first-order valence-electron chi connectivity index (χ1n) is 13.3. The van der Waals surface area contributed by atoms with E-state index in [1.165, 1.54) is 19.1 Å². The van der Waals surface area contributed by atoms with Crippen LogP contribution in [-0.2, 0) is 30.5 Å². The molecule has 1 aromatic heterocycles. The first kappa shape index (κ1) is 27.7. The maximum atomic E-state index is 13.1. The Bertz CT molecular complexity index is 1400. The number of aliphatic hydroxyl groups excluding tert-OH is 1. The molecule has 11 heteroatoms. The third kappa shape index (κ3) is 5.83. The molecular formula is C29H31F3N6O2. The van der Waals surface area contributed by atoms with Crippen molar-refractivity contribution in [2.45, 2.75) is 38.7 Å². The molecule has 2 aromatic carbocycles. The minimum Gasteiger partial charge on any atom is -0.390 e. The number of hydrogen-bond acceptors (Lipinski definition) is 6. The van der Waals surface area contributed by atoms with Gasteiger partial charge in [0.05, 0.1) is 35.2 Å². The Morgan fingerprint density at radius 3 is 2.40 bits per heavy atom. The zero-order valence-electron chi connectivity index (χ0n) is 22.2. The van der Waals surface area contributed by atoms with Crippen LogP contribution in [0.15, 0.2) is 48.5 Å². The van der Waals surface area contributed by atoms with Crippen molar-refractivity contribution in [2.75, 3.05) is 44.2 Å². The van der Waals surface area contributed by atoms with Crippen LogP contribution in [-0.4, -0.2) is 76.0 Å². The van der Waals surface area contributed by atoms with Crippen molar-refractivity contribution < 1.29 is 23.1 Å². The quantitative estimate of drug-likeness (QED) is 0.504. The number of β-amino-alcohol motifs (C(OH)–C–C–N with tert-alkyl or cyclic N) is 1. The maximum absolute atomic E-state index is 13.1. The predicted octanol–water partition coefficient (Wildman–Crippen LogP) is 3.53. The normalized spacial score (nSPS) is 16.9. The number of rotatable bonds is 6. The molecule has 8 nitrogen and oxygen atoms in total. The summed E-state index contributed by atoms with van der Waals surface area (Å²) in [4.78, 5) is 18.1. The highest BCUT2D eigenvalue weighted by Crippen LogP contribution is 2.34. The zero-order chi connectivity index (χ0) is 28.4. The topological polar surface area (TPSA) is 88.6 Å². The van der Waals surface area contributed by atoms with Crippen molar-refractivity contribution in [3.8, 4) is 17.3 Å². The average molecular weight is 553 g/mol. The van der Waals surface area contributed by atoms with Crippen LogP contribution >= 0.6 is 0 Å². The molecule has 1 amide bonds. The molecule has 1 saturated heterocycles. The van der Waals surface area contributed by atoms with Crippen molar-refractivity contribution in [3.63, 3.8) is 0 Å². The molecule has 1 unspecified atom stereocenters. The molecule has 210 valence electrons. The van der Waals surface area contributed by atoms with Gasteiger partial charge in [-0.25, -0.2) is 0 Å². The second-order valence-corrected chi connectivity index (χ2v) is 10.3. The highest BCUT2D eigenvalue weighted by molar-refractivity contribution is 5.74. The highest BCUT2D eigenvalue weighted by atomic mass is 19.4. The first-order chi connectivity index (χ1) is 19.1. The van der Waals surface area contributed by atoms with Gasteiger partial charge in [-0.05, 0) is 24.3 Å². The molecule has 0 radical (unpaired) electrons. The summed E-state index contributed by atoms with van der Waals surface area (Å²) in [5.41, 5.74) is 3.60. The number of alkyl halides is 3. The summed E-state index contributed by atoms with van der Waals surface area (Å²) in [5.74, 6) is -0.0756. The average Bonchev–Trinajstić information content (AvgIpc) is 3.30. The summed E-state index contributed by atoms with van der Waals surface area (Å²) in [6.07, 6.45) is -4.60. The number of aliphatic hydroxyl groups is 1. The lowest BCUT2D eigenvalue weighted by molar-refractivity contribution is -0.137. The number of carbonyl (C=O) groups excluding carboxylic acids is 1. The SMILES string of the molecule is CC(=O)N1CCc2c(c(-c3ccc(C(F)(F)F)cc3)nn2CC(O)CN2CCN(c3ccccc3C#N)CC2)C1. The number of amides is 1. The fraction of sp³-hybridized carbons (Fsp3) is 0.414. The molecule has 0 bridgehead atoms. The molecule has 1 atom stereocenters. The highest BCUT2D eigenvalue weighted by Gasteiger charge is 2.31. The molecule has 0 spiro atoms. The Morgan fingerprint density at radius 1 is 1.05 bits per heavy atom. The second-order valence-electron chi connectivity index (χ2n) is 10.3. The lowest BCUT2D eigenvalue weighted by Gasteiger charge is -2.37. The molecule has 1 fully saturated rings. The van der Waals surface area contributed by atoms with Crippen LogP contribution in [0.2, 0.25) is 0 Å². The lowest BCUT2D eigenvalue weighted by Crippen LogP contribution is -2.49.